The van der Waals surface area contributed by atoms with Crippen molar-refractivity contribution in [3.63, 3.8) is 0 Å². The minimum absolute atomic E-state index is 0.626. The van der Waals surface area contributed by atoms with Crippen LogP contribution in [0.2, 0.25) is 0 Å². The van der Waals surface area contributed by atoms with Gasteiger partial charge in [-0.25, -0.2) is 0 Å². The molecule has 0 unspecified atom stereocenters. The first-order valence-corrected chi connectivity index (χ1v) is 4.90. The van der Waals surface area contributed by atoms with E-state index >= 15 is 0 Å². The Morgan fingerprint density at radius 2 is 2.31 bits per heavy atom. The van der Waals surface area contributed by atoms with Crippen molar-refractivity contribution in [1.82, 2.24) is 15.1 Å². The summed E-state index contributed by atoms with van der Waals surface area (Å²) in [7, 11) is 0. The lowest BCUT2D eigenvalue weighted by atomic mass is 10.2. The van der Waals surface area contributed by atoms with Crippen LogP contribution >= 0.6 is 0 Å². The molecule has 0 amide bonds. The number of aromatic nitrogens is 2. The molecule has 1 aromatic rings. The zero-order valence-corrected chi connectivity index (χ0v) is 7.58. The first-order chi connectivity index (χ1) is 6.40. The smallest absolute Gasteiger partial charge is 0.0811 e. The van der Waals surface area contributed by atoms with E-state index in [-0.39, 0.29) is 0 Å². The Morgan fingerprint density at radius 1 is 1.46 bits per heavy atom. The summed E-state index contributed by atoms with van der Waals surface area (Å²) in [6.45, 7) is 2.50. The third-order valence-corrected chi connectivity index (χ3v) is 2.88. The van der Waals surface area contributed by atoms with E-state index in [0.717, 1.165) is 13.1 Å². The molecular formula is C9H14N4. The molecule has 3 rings (SSSR count). The Bertz CT molecular complexity index is 338. The maximum absolute atomic E-state index is 5.75. The van der Waals surface area contributed by atoms with Crippen LogP contribution in [0.3, 0.4) is 0 Å². The summed E-state index contributed by atoms with van der Waals surface area (Å²) in [5.74, 6) is 0. The highest BCUT2D eigenvalue weighted by molar-refractivity contribution is 5.30. The van der Waals surface area contributed by atoms with Gasteiger partial charge in [0.05, 0.1) is 17.4 Å². The largest absolute Gasteiger partial charge is 0.325 e. The Labute approximate surface area is 77.1 Å². The van der Waals surface area contributed by atoms with E-state index in [9.17, 15) is 0 Å². The molecule has 70 valence electrons. The molecular weight excluding hydrogens is 164 g/mol. The van der Waals surface area contributed by atoms with Gasteiger partial charge < -0.3 is 11.1 Å². The fourth-order valence-corrected chi connectivity index (χ4v) is 2.05. The van der Waals surface area contributed by atoms with Gasteiger partial charge in [-0.3, -0.25) is 4.68 Å². The van der Waals surface area contributed by atoms with Crippen LogP contribution in [-0.4, -0.2) is 9.78 Å². The fraction of sp³-hybridized carbons (Fsp3) is 0.667. The molecule has 4 nitrogen and oxygen atoms in total. The van der Waals surface area contributed by atoms with Crippen molar-refractivity contribution in [2.75, 3.05) is 0 Å². The van der Waals surface area contributed by atoms with Crippen molar-refractivity contribution >= 4 is 0 Å². The third kappa shape index (κ3) is 1.02. The van der Waals surface area contributed by atoms with Gasteiger partial charge in [0.1, 0.15) is 0 Å². The van der Waals surface area contributed by atoms with E-state index in [1.165, 1.54) is 29.8 Å². The molecule has 1 aromatic heterocycles. The third-order valence-electron chi connectivity index (χ3n) is 2.88. The molecule has 2 heterocycles. The van der Waals surface area contributed by atoms with Gasteiger partial charge >= 0.3 is 0 Å². The van der Waals surface area contributed by atoms with E-state index in [1.807, 2.05) is 0 Å². The van der Waals surface area contributed by atoms with E-state index in [0.29, 0.717) is 12.6 Å². The highest BCUT2D eigenvalue weighted by atomic mass is 15.3. The predicted molar refractivity (Wildman–Crippen MR) is 48.9 cm³/mol. The van der Waals surface area contributed by atoms with Crippen LogP contribution in [-0.2, 0) is 19.6 Å². The van der Waals surface area contributed by atoms with Gasteiger partial charge in [0.2, 0.25) is 0 Å². The SMILES string of the molecule is NCc1c2c(nn1C1CC1)CNC2. The number of hydrogen-bond acceptors (Lipinski definition) is 3. The van der Waals surface area contributed by atoms with Gasteiger partial charge in [-0.05, 0) is 12.8 Å². The predicted octanol–water partition coefficient (Wildman–Crippen LogP) is 0.280. The molecule has 2 aliphatic rings. The molecule has 0 radical (unpaired) electrons. The first kappa shape index (κ1) is 7.53. The summed E-state index contributed by atoms with van der Waals surface area (Å²) in [6, 6.07) is 0.657. The van der Waals surface area contributed by atoms with Crippen LogP contribution in [0.15, 0.2) is 0 Å². The minimum Gasteiger partial charge on any atom is -0.325 e. The summed E-state index contributed by atoms with van der Waals surface area (Å²) in [4.78, 5) is 0. The number of rotatable bonds is 2. The summed E-state index contributed by atoms with van der Waals surface area (Å²) < 4.78 is 2.16. The molecule has 0 saturated heterocycles. The monoisotopic (exact) mass is 178 g/mol. The van der Waals surface area contributed by atoms with Gasteiger partial charge in [-0.15, -0.1) is 0 Å². The maximum Gasteiger partial charge on any atom is 0.0811 e. The molecule has 0 spiro atoms. The minimum atomic E-state index is 0.626. The van der Waals surface area contributed by atoms with Crippen molar-refractivity contribution in [2.45, 2.75) is 38.5 Å². The zero-order chi connectivity index (χ0) is 8.84. The van der Waals surface area contributed by atoms with Gasteiger partial charge in [0.25, 0.3) is 0 Å². The molecule has 1 saturated carbocycles. The average Bonchev–Trinajstić information content (AvgIpc) is 2.76. The summed E-state index contributed by atoms with van der Waals surface area (Å²) in [5, 5.41) is 7.90. The number of nitrogens with two attached hydrogens (primary N) is 1. The number of hydrogen-bond donors (Lipinski definition) is 2. The van der Waals surface area contributed by atoms with Crippen molar-refractivity contribution in [3.8, 4) is 0 Å². The fourth-order valence-electron chi connectivity index (χ4n) is 2.05. The number of nitrogens with one attached hydrogen (secondary N) is 1. The Balaban J connectivity index is 2.09. The van der Waals surface area contributed by atoms with Gasteiger partial charge in [-0.1, -0.05) is 0 Å². The second kappa shape index (κ2) is 2.56. The van der Waals surface area contributed by atoms with Gasteiger partial charge in [-0.2, -0.15) is 5.10 Å². The van der Waals surface area contributed by atoms with Crippen molar-refractivity contribution in [1.29, 1.82) is 0 Å². The zero-order valence-electron chi connectivity index (χ0n) is 7.58. The molecule has 0 atom stereocenters. The molecule has 3 N–H and O–H groups in total. The molecule has 1 fully saturated rings. The van der Waals surface area contributed by atoms with Crippen LogP contribution in [0.4, 0.5) is 0 Å². The van der Waals surface area contributed by atoms with E-state index in [4.69, 9.17) is 5.73 Å². The second-order valence-corrected chi connectivity index (χ2v) is 3.86. The standard InChI is InChI=1S/C9H14N4/c10-3-9-7-4-11-5-8(7)12-13(9)6-1-2-6/h6,11H,1-5,10H2. The highest BCUT2D eigenvalue weighted by Crippen LogP contribution is 2.37. The van der Waals surface area contributed by atoms with Crippen molar-refractivity contribution < 1.29 is 0 Å². The van der Waals surface area contributed by atoms with Crippen LogP contribution in [0.25, 0.3) is 0 Å². The molecule has 1 aliphatic heterocycles. The van der Waals surface area contributed by atoms with Crippen LogP contribution in [0.5, 0.6) is 0 Å². The second-order valence-electron chi connectivity index (χ2n) is 3.86. The van der Waals surface area contributed by atoms with Crippen LogP contribution < -0.4 is 11.1 Å². The normalized spacial score (nSPS) is 20.7. The number of fused-ring (bicyclic) bond motifs is 1. The van der Waals surface area contributed by atoms with Gasteiger partial charge in [0.15, 0.2) is 0 Å². The highest BCUT2D eigenvalue weighted by Gasteiger charge is 2.30. The molecule has 0 bridgehead atoms. The first-order valence-electron chi connectivity index (χ1n) is 4.90. The van der Waals surface area contributed by atoms with Crippen LogP contribution in [0.1, 0.15) is 35.8 Å². The lowest BCUT2D eigenvalue weighted by molar-refractivity contribution is 0.581. The van der Waals surface area contributed by atoms with Crippen molar-refractivity contribution in [3.05, 3.63) is 17.0 Å². The topological polar surface area (TPSA) is 55.9 Å². The van der Waals surface area contributed by atoms with E-state index < -0.39 is 0 Å². The summed E-state index contributed by atoms with van der Waals surface area (Å²) in [5.41, 5.74) is 9.57. The Kier molecular flexibility index (Phi) is 1.48. The van der Waals surface area contributed by atoms with Crippen LogP contribution in [0, 0.1) is 0 Å². The summed E-state index contributed by atoms with van der Waals surface area (Å²) >= 11 is 0. The van der Waals surface area contributed by atoms with E-state index in [2.05, 4.69) is 15.1 Å². The van der Waals surface area contributed by atoms with E-state index in [1.54, 1.807) is 0 Å². The van der Waals surface area contributed by atoms with Gasteiger partial charge in [0, 0.05) is 25.2 Å². The summed E-state index contributed by atoms with van der Waals surface area (Å²) in [6.07, 6.45) is 2.56. The molecule has 1 aliphatic carbocycles. The maximum atomic E-state index is 5.75. The lowest BCUT2D eigenvalue weighted by Gasteiger charge is -2.05. The Morgan fingerprint density at radius 3 is 3.00 bits per heavy atom. The van der Waals surface area contributed by atoms with Crippen molar-refractivity contribution in [2.24, 2.45) is 5.73 Å². The quantitative estimate of drug-likeness (QED) is 0.684. The molecule has 0 aromatic carbocycles. The number of nitrogens with zero attached hydrogens (tertiary/aromatic N) is 2. The average molecular weight is 178 g/mol. The Hall–Kier alpha value is -0.870. The molecule has 4 heteroatoms. The lowest BCUT2D eigenvalue weighted by Crippen LogP contribution is -2.12. The molecule has 13 heavy (non-hydrogen) atoms.